The zero-order chi connectivity index (χ0) is 13.8. The summed E-state index contributed by atoms with van der Waals surface area (Å²) in [5.41, 5.74) is 4.68. The maximum Gasteiger partial charge on any atom is 0.331 e. The van der Waals surface area contributed by atoms with Crippen molar-refractivity contribution in [3.63, 3.8) is 0 Å². The van der Waals surface area contributed by atoms with Crippen LogP contribution < -0.4 is 11.1 Å². The molecule has 0 radical (unpaired) electrons. The Morgan fingerprint density at radius 1 is 1.37 bits per heavy atom. The minimum Gasteiger partial charge on any atom is -0.464 e. The topological polar surface area (TPSA) is 81.4 Å². The SMILES string of the molecule is CCOC(=O)C(C)(C)NC(=O)[C@@H]1CCC[C@@H]1CN.Cl. The van der Waals surface area contributed by atoms with Crippen molar-refractivity contribution in [1.82, 2.24) is 5.32 Å². The molecule has 1 aliphatic rings. The molecule has 1 saturated carbocycles. The van der Waals surface area contributed by atoms with Crippen LogP contribution in [0.1, 0.15) is 40.0 Å². The van der Waals surface area contributed by atoms with Gasteiger partial charge < -0.3 is 15.8 Å². The van der Waals surface area contributed by atoms with Crippen LogP contribution in [0.4, 0.5) is 0 Å². The van der Waals surface area contributed by atoms with Crippen molar-refractivity contribution in [2.75, 3.05) is 13.2 Å². The van der Waals surface area contributed by atoms with E-state index in [0.717, 1.165) is 19.3 Å². The van der Waals surface area contributed by atoms with Crippen molar-refractivity contribution in [1.29, 1.82) is 0 Å². The van der Waals surface area contributed by atoms with Crippen LogP contribution in [0, 0.1) is 11.8 Å². The number of nitrogens with two attached hydrogens (primary N) is 1. The van der Waals surface area contributed by atoms with Crippen molar-refractivity contribution in [3.05, 3.63) is 0 Å². The molecule has 0 spiro atoms. The highest BCUT2D eigenvalue weighted by Gasteiger charge is 2.37. The van der Waals surface area contributed by atoms with Gasteiger partial charge >= 0.3 is 5.97 Å². The number of hydrogen-bond acceptors (Lipinski definition) is 4. The quantitative estimate of drug-likeness (QED) is 0.747. The molecule has 1 amide bonds. The fourth-order valence-corrected chi connectivity index (χ4v) is 2.43. The van der Waals surface area contributed by atoms with Gasteiger partial charge in [-0.25, -0.2) is 4.79 Å². The van der Waals surface area contributed by atoms with Gasteiger partial charge in [0.25, 0.3) is 0 Å². The minimum absolute atomic E-state index is 0. The van der Waals surface area contributed by atoms with Gasteiger partial charge in [-0.3, -0.25) is 4.79 Å². The molecule has 0 saturated heterocycles. The molecule has 112 valence electrons. The molecule has 0 aromatic carbocycles. The third-order valence-electron chi connectivity index (χ3n) is 3.52. The van der Waals surface area contributed by atoms with Gasteiger partial charge in [0, 0.05) is 5.92 Å². The molecule has 1 fully saturated rings. The van der Waals surface area contributed by atoms with Gasteiger partial charge in [-0.15, -0.1) is 12.4 Å². The van der Waals surface area contributed by atoms with E-state index in [-0.39, 0.29) is 30.2 Å². The molecule has 0 aromatic heterocycles. The van der Waals surface area contributed by atoms with E-state index in [1.54, 1.807) is 20.8 Å². The number of nitrogens with one attached hydrogen (secondary N) is 1. The monoisotopic (exact) mass is 292 g/mol. The predicted molar refractivity (Wildman–Crippen MR) is 76.0 cm³/mol. The highest BCUT2D eigenvalue weighted by molar-refractivity contribution is 5.88. The molecule has 6 heteroatoms. The van der Waals surface area contributed by atoms with Gasteiger partial charge in [0.05, 0.1) is 6.61 Å². The number of rotatable bonds is 5. The first kappa shape index (κ1) is 18.2. The summed E-state index contributed by atoms with van der Waals surface area (Å²) in [6.45, 7) is 5.91. The second-order valence-electron chi connectivity index (χ2n) is 5.37. The van der Waals surface area contributed by atoms with E-state index in [2.05, 4.69) is 5.32 Å². The zero-order valence-electron chi connectivity index (χ0n) is 11.9. The third-order valence-corrected chi connectivity index (χ3v) is 3.52. The number of carbonyl (C=O) groups excluding carboxylic acids is 2. The van der Waals surface area contributed by atoms with Crippen molar-refractivity contribution in [2.24, 2.45) is 17.6 Å². The van der Waals surface area contributed by atoms with Crippen molar-refractivity contribution < 1.29 is 14.3 Å². The van der Waals surface area contributed by atoms with Crippen LogP contribution in [0.25, 0.3) is 0 Å². The molecule has 0 aromatic rings. The highest BCUT2D eigenvalue weighted by atomic mass is 35.5. The summed E-state index contributed by atoms with van der Waals surface area (Å²) in [6, 6.07) is 0. The van der Waals surface area contributed by atoms with E-state index < -0.39 is 11.5 Å². The Morgan fingerprint density at radius 3 is 2.53 bits per heavy atom. The molecule has 2 atom stereocenters. The summed E-state index contributed by atoms with van der Waals surface area (Å²) >= 11 is 0. The summed E-state index contributed by atoms with van der Waals surface area (Å²) in [4.78, 5) is 23.9. The Balaban J connectivity index is 0.00000324. The van der Waals surface area contributed by atoms with Crippen LogP contribution in [0.3, 0.4) is 0 Å². The van der Waals surface area contributed by atoms with E-state index in [4.69, 9.17) is 10.5 Å². The maximum atomic E-state index is 12.2. The van der Waals surface area contributed by atoms with E-state index in [1.165, 1.54) is 0 Å². The summed E-state index contributed by atoms with van der Waals surface area (Å²) in [6.07, 6.45) is 2.88. The first-order chi connectivity index (χ1) is 8.42. The summed E-state index contributed by atoms with van der Waals surface area (Å²) in [5, 5.41) is 2.78. The number of esters is 1. The van der Waals surface area contributed by atoms with Gasteiger partial charge in [-0.1, -0.05) is 6.42 Å². The van der Waals surface area contributed by atoms with Gasteiger partial charge in [0.1, 0.15) is 5.54 Å². The Kier molecular flexibility index (Phi) is 7.37. The summed E-state index contributed by atoms with van der Waals surface area (Å²) in [5.74, 6) is -0.312. The zero-order valence-corrected chi connectivity index (χ0v) is 12.7. The molecular formula is C13H25ClN2O3. The fourth-order valence-electron chi connectivity index (χ4n) is 2.43. The van der Waals surface area contributed by atoms with Crippen molar-refractivity contribution in [2.45, 2.75) is 45.6 Å². The van der Waals surface area contributed by atoms with Crippen LogP contribution in [0.5, 0.6) is 0 Å². The van der Waals surface area contributed by atoms with E-state index in [9.17, 15) is 9.59 Å². The van der Waals surface area contributed by atoms with Gasteiger partial charge in [-0.2, -0.15) is 0 Å². The molecule has 0 heterocycles. The Bertz CT molecular complexity index is 321. The summed E-state index contributed by atoms with van der Waals surface area (Å²) < 4.78 is 4.95. The van der Waals surface area contributed by atoms with Crippen LogP contribution >= 0.6 is 12.4 Å². The Labute approximate surface area is 121 Å². The molecule has 0 aliphatic heterocycles. The van der Waals surface area contributed by atoms with Crippen molar-refractivity contribution in [3.8, 4) is 0 Å². The number of halogens is 1. The van der Waals surface area contributed by atoms with E-state index in [1.807, 2.05) is 0 Å². The average Bonchev–Trinajstić information content (AvgIpc) is 2.76. The first-order valence-electron chi connectivity index (χ1n) is 6.61. The largest absolute Gasteiger partial charge is 0.464 e. The molecule has 3 N–H and O–H groups in total. The molecule has 1 rings (SSSR count). The van der Waals surface area contributed by atoms with Crippen LogP contribution in [-0.4, -0.2) is 30.6 Å². The highest BCUT2D eigenvalue weighted by Crippen LogP contribution is 2.31. The van der Waals surface area contributed by atoms with E-state index in [0.29, 0.717) is 13.2 Å². The fraction of sp³-hybridized carbons (Fsp3) is 0.846. The second-order valence-corrected chi connectivity index (χ2v) is 5.37. The number of hydrogen-bond donors (Lipinski definition) is 2. The predicted octanol–water partition coefficient (Wildman–Crippen LogP) is 1.24. The average molecular weight is 293 g/mol. The second kappa shape index (κ2) is 7.70. The van der Waals surface area contributed by atoms with Crippen LogP contribution in [-0.2, 0) is 14.3 Å². The van der Waals surface area contributed by atoms with Gasteiger partial charge in [0.15, 0.2) is 0 Å². The molecular weight excluding hydrogens is 268 g/mol. The lowest BCUT2D eigenvalue weighted by Gasteiger charge is -2.27. The smallest absolute Gasteiger partial charge is 0.331 e. The summed E-state index contributed by atoms with van der Waals surface area (Å²) in [7, 11) is 0. The Morgan fingerprint density at radius 2 is 2.00 bits per heavy atom. The standard InChI is InChI=1S/C13H24N2O3.ClH/c1-4-18-12(17)13(2,3)15-11(16)10-7-5-6-9(10)8-14;/h9-10H,4-8,14H2,1-3H3,(H,15,16);1H/t9-,10-;/m1./s1. The maximum absolute atomic E-state index is 12.2. The van der Waals surface area contributed by atoms with E-state index >= 15 is 0 Å². The lowest BCUT2D eigenvalue weighted by Crippen LogP contribution is -2.53. The lowest BCUT2D eigenvalue weighted by atomic mass is 9.94. The van der Waals surface area contributed by atoms with Crippen LogP contribution in [0.15, 0.2) is 0 Å². The molecule has 1 aliphatic carbocycles. The minimum atomic E-state index is -0.977. The van der Waals surface area contributed by atoms with Gasteiger partial charge in [0.2, 0.25) is 5.91 Å². The number of amides is 1. The molecule has 0 unspecified atom stereocenters. The van der Waals surface area contributed by atoms with Crippen molar-refractivity contribution >= 4 is 24.3 Å². The molecule has 5 nitrogen and oxygen atoms in total. The number of ether oxygens (including phenoxy) is 1. The first-order valence-corrected chi connectivity index (χ1v) is 6.61. The van der Waals surface area contributed by atoms with Gasteiger partial charge in [-0.05, 0) is 46.1 Å². The molecule has 0 bridgehead atoms. The molecule has 19 heavy (non-hydrogen) atoms. The van der Waals surface area contributed by atoms with Crippen LogP contribution in [0.2, 0.25) is 0 Å². The Hall–Kier alpha value is -0.810. The number of carbonyl (C=O) groups is 2. The normalized spacial score (nSPS) is 22.5. The lowest BCUT2D eigenvalue weighted by molar-refractivity contribution is -0.152. The third kappa shape index (κ3) is 4.66.